The van der Waals surface area contributed by atoms with Crippen LogP contribution < -0.4 is 15.4 Å². The molecule has 1 heterocycles. The number of aromatic nitrogens is 3. The molecule has 0 saturated heterocycles. The number of nitrogens with zero attached hydrogens (tertiary/aromatic N) is 4. The third-order valence-corrected chi connectivity index (χ3v) is 3.72. The monoisotopic (exact) mass is 346 g/mol. The van der Waals surface area contributed by atoms with Gasteiger partial charge in [-0.15, -0.1) is 5.10 Å². The highest BCUT2D eigenvalue weighted by atomic mass is 16.5. The lowest BCUT2D eigenvalue weighted by Gasteiger charge is -2.09. The number of rotatable bonds is 7. The van der Waals surface area contributed by atoms with E-state index in [9.17, 15) is 0 Å². The third-order valence-electron chi connectivity index (χ3n) is 3.72. The van der Waals surface area contributed by atoms with E-state index < -0.39 is 0 Å². The summed E-state index contributed by atoms with van der Waals surface area (Å²) >= 11 is 0. The molecular formula is C19H18N6O. The Labute approximate surface area is 151 Å². The molecule has 0 saturated carbocycles. The maximum absolute atomic E-state index is 9.15. The molecule has 0 fully saturated rings. The van der Waals surface area contributed by atoms with E-state index in [1.807, 2.05) is 42.5 Å². The Morgan fingerprint density at radius 1 is 1.12 bits per heavy atom. The Morgan fingerprint density at radius 3 is 2.69 bits per heavy atom. The molecule has 0 atom stereocenters. The lowest BCUT2D eigenvalue weighted by Crippen LogP contribution is -2.09. The molecule has 0 aliphatic carbocycles. The van der Waals surface area contributed by atoms with Crippen molar-refractivity contribution in [1.29, 1.82) is 5.26 Å². The molecule has 3 rings (SSSR count). The van der Waals surface area contributed by atoms with Gasteiger partial charge in [0.25, 0.3) is 0 Å². The molecule has 1 aromatic heterocycles. The van der Waals surface area contributed by atoms with Crippen molar-refractivity contribution in [3.05, 3.63) is 65.9 Å². The van der Waals surface area contributed by atoms with Crippen molar-refractivity contribution in [2.45, 2.75) is 6.42 Å². The Hall–Kier alpha value is -3.66. The number of nitrogens with one attached hydrogen (secondary N) is 2. The molecular weight excluding hydrogens is 328 g/mol. The fourth-order valence-electron chi connectivity index (χ4n) is 2.38. The summed E-state index contributed by atoms with van der Waals surface area (Å²) in [6.07, 6.45) is 2.34. The van der Waals surface area contributed by atoms with Gasteiger partial charge in [-0.3, -0.25) is 0 Å². The molecule has 0 radical (unpaired) electrons. The summed E-state index contributed by atoms with van der Waals surface area (Å²) in [5.41, 5.74) is 2.41. The summed E-state index contributed by atoms with van der Waals surface area (Å²) < 4.78 is 5.15. The van der Waals surface area contributed by atoms with E-state index in [2.05, 4.69) is 31.9 Å². The standard InChI is InChI=1S/C19H18N6O/c1-26-16-8-6-14(7-9-16)10-11-21-19-24-18(13-22-25-19)23-17-5-3-2-4-15(17)12-20/h2-9,13H,10-11H2,1H3,(H2,21,23,24,25). The zero-order valence-electron chi connectivity index (χ0n) is 14.3. The Kier molecular flexibility index (Phi) is 5.58. The van der Waals surface area contributed by atoms with E-state index in [0.29, 0.717) is 29.6 Å². The Balaban J connectivity index is 1.59. The van der Waals surface area contributed by atoms with Crippen LogP contribution in [0.1, 0.15) is 11.1 Å². The van der Waals surface area contributed by atoms with E-state index in [1.54, 1.807) is 13.2 Å². The van der Waals surface area contributed by atoms with Crippen LogP contribution in [0.4, 0.5) is 17.5 Å². The minimum Gasteiger partial charge on any atom is -0.497 e. The number of hydrogen-bond acceptors (Lipinski definition) is 7. The molecule has 0 aliphatic rings. The van der Waals surface area contributed by atoms with Gasteiger partial charge in [-0.25, -0.2) is 0 Å². The average molecular weight is 346 g/mol. The SMILES string of the molecule is COc1ccc(CCNc2nncc(Nc3ccccc3C#N)n2)cc1. The van der Waals surface area contributed by atoms with Crippen molar-refractivity contribution < 1.29 is 4.74 Å². The van der Waals surface area contributed by atoms with Crippen molar-refractivity contribution in [2.75, 3.05) is 24.3 Å². The van der Waals surface area contributed by atoms with Gasteiger partial charge in [0.15, 0.2) is 5.82 Å². The van der Waals surface area contributed by atoms with Crippen molar-refractivity contribution in [2.24, 2.45) is 0 Å². The second-order valence-electron chi connectivity index (χ2n) is 5.47. The highest BCUT2D eigenvalue weighted by Gasteiger charge is 2.04. The largest absolute Gasteiger partial charge is 0.497 e. The average Bonchev–Trinajstić information content (AvgIpc) is 2.69. The van der Waals surface area contributed by atoms with Gasteiger partial charge in [-0.2, -0.15) is 15.3 Å². The fourth-order valence-corrected chi connectivity index (χ4v) is 2.38. The predicted molar refractivity (Wildman–Crippen MR) is 99.5 cm³/mol. The van der Waals surface area contributed by atoms with Crippen molar-refractivity contribution in [3.63, 3.8) is 0 Å². The number of benzene rings is 2. The second-order valence-corrected chi connectivity index (χ2v) is 5.47. The number of hydrogen-bond donors (Lipinski definition) is 2. The summed E-state index contributed by atoms with van der Waals surface area (Å²) in [5, 5.41) is 23.3. The molecule has 0 unspecified atom stereocenters. The van der Waals surface area contributed by atoms with Gasteiger partial charge in [-0.05, 0) is 36.2 Å². The van der Waals surface area contributed by atoms with Crippen LogP contribution in [0.3, 0.4) is 0 Å². The maximum Gasteiger partial charge on any atom is 0.244 e. The molecule has 0 amide bonds. The highest BCUT2D eigenvalue weighted by Crippen LogP contribution is 2.18. The third kappa shape index (κ3) is 4.45. The van der Waals surface area contributed by atoms with Crippen molar-refractivity contribution in [3.8, 4) is 11.8 Å². The van der Waals surface area contributed by atoms with E-state index >= 15 is 0 Å². The van der Waals surface area contributed by atoms with Crippen molar-refractivity contribution in [1.82, 2.24) is 15.2 Å². The van der Waals surface area contributed by atoms with E-state index in [-0.39, 0.29) is 0 Å². The first kappa shape index (κ1) is 17.2. The molecule has 0 bridgehead atoms. The fraction of sp³-hybridized carbons (Fsp3) is 0.158. The van der Waals surface area contributed by atoms with Gasteiger partial charge in [0.2, 0.25) is 5.95 Å². The quantitative estimate of drug-likeness (QED) is 0.678. The second kappa shape index (κ2) is 8.44. The van der Waals surface area contributed by atoms with Gasteiger partial charge in [0.05, 0.1) is 24.6 Å². The lowest BCUT2D eigenvalue weighted by atomic mass is 10.1. The van der Waals surface area contributed by atoms with Crippen LogP contribution in [0.2, 0.25) is 0 Å². The molecule has 2 N–H and O–H groups in total. The first-order valence-corrected chi connectivity index (χ1v) is 8.11. The Morgan fingerprint density at radius 2 is 1.92 bits per heavy atom. The summed E-state index contributed by atoms with van der Waals surface area (Å²) in [6, 6.07) is 17.3. The van der Waals surface area contributed by atoms with Crippen LogP contribution >= 0.6 is 0 Å². The number of para-hydroxylation sites is 1. The van der Waals surface area contributed by atoms with Crippen LogP contribution in [0.15, 0.2) is 54.7 Å². The molecule has 7 nitrogen and oxygen atoms in total. The summed E-state index contributed by atoms with van der Waals surface area (Å²) in [4.78, 5) is 4.38. The normalized spacial score (nSPS) is 10.0. The molecule has 3 aromatic rings. The summed E-state index contributed by atoms with van der Waals surface area (Å²) in [7, 11) is 1.65. The first-order valence-electron chi connectivity index (χ1n) is 8.11. The zero-order valence-corrected chi connectivity index (χ0v) is 14.3. The van der Waals surface area contributed by atoms with Crippen LogP contribution in [0, 0.1) is 11.3 Å². The number of ether oxygens (including phenoxy) is 1. The molecule has 26 heavy (non-hydrogen) atoms. The van der Waals surface area contributed by atoms with Crippen LogP contribution in [-0.2, 0) is 6.42 Å². The van der Waals surface area contributed by atoms with Gasteiger partial charge < -0.3 is 15.4 Å². The van der Waals surface area contributed by atoms with Gasteiger partial charge >= 0.3 is 0 Å². The topological polar surface area (TPSA) is 95.8 Å². The molecule has 0 aliphatic heterocycles. The van der Waals surface area contributed by atoms with E-state index in [4.69, 9.17) is 10.00 Å². The van der Waals surface area contributed by atoms with Crippen LogP contribution in [-0.4, -0.2) is 28.8 Å². The molecule has 130 valence electrons. The van der Waals surface area contributed by atoms with Gasteiger partial charge in [-0.1, -0.05) is 24.3 Å². The number of nitriles is 1. The zero-order chi connectivity index (χ0) is 18.2. The number of methoxy groups -OCH3 is 1. The smallest absolute Gasteiger partial charge is 0.244 e. The van der Waals surface area contributed by atoms with Crippen molar-refractivity contribution >= 4 is 17.5 Å². The molecule has 7 heteroatoms. The van der Waals surface area contributed by atoms with Crippen LogP contribution in [0.5, 0.6) is 5.75 Å². The minimum atomic E-state index is 0.429. The number of anilines is 3. The van der Waals surface area contributed by atoms with Gasteiger partial charge in [0.1, 0.15) is 11.8 Å². The predicted octanol–water partition coefficient (Wildman–Crippen LogP) is 3.15. The molecule has 2 aromatic carbocycles. The lowest BCUT2D eigenvalue weighted by molar-refractivity contribution is 0.414. The van der Waals surface area contributed by atoms with Gasteiger partial charge in [0, 0.05) is 6.54 Å². The summed E-state index contributed by atoms with van der Waals surface area (Å²) in [5.74, 6) is 1.79. The minimum absolute atomic E-state index is 0.429. The highest BCUT2D eigenvalue weighted by molar-refractivity contribution is 5.64. The summed E-state index contributed by atoms with van der Waals surface area (Å²) in [6.45, 7) is 0.673. The Bertz CT molecular complexity index is 904. The first-order chi connectivity index (χ1) is 12.8. The van der Waals surface area contributed by atoms with E-state index in [1.165, 1.54) is 11.8 Å². The van der Waals surface area contributed by atoms with E-state index in [0.717, 1.165) is 12.2 Å². The van der Waals surface area contributed by atoms with Crippen LogP contribution in [0.25, 0.3) is 0 Å². The molecule has 0 spiro atoms. The maximum atomic E-state index is 9.15.